The molecule has 1 amide bonds. The van der Waals surface area contributed by atoms with Gasteiger partial charge in [-0.25, -0.2) is 9.20 Å². The number of aryl methyl sites for hydroxylation is 2. The number of fused-ring (bicyclic) bond motifs is 1. The Balaban J connectivity index is 1.58. The first-order valence-corrected chi connectivity index (χ1v) is 9.78. The van der Waals surface area contributed by atoms with Gasteiger partial charge < -0.3 is 5.32 Å². The second kappa shape index (κ2) is 7.63. The average Bonchev–Trinajstić information content (AvgIpc) is 3.13. The van der Waals surface area contributed by atoms with Gasteiger partial charge in [-0.1, -0.05) is 34.1 Å². The predicted molar refractivity (Wildman–Crippen MR) is 115 cm³/mol. The third-order valence-corrected chi connectivity index (χ3v) is 5.24. The Morgan fingerprint density at radius 3 is 2.55 bits per heavy atom. The van der Waals surface area contributed by atoms with E-state index in [9.17, 15) is 9.59 Å². The normalized spacial score (nSPS) is 11.0. The summed E-state index contributed by atoms with van der Waals surface area (Å²) < 4.78 is 3.53. The molecule has 2 aromatic carbocycles. The number of hydrogen-bond acceptors (Lipinski definition) is 4. The first kappa shape index (κ1) is 19.1. The lowest BCUT2D eigenvalue weighted by Crippen LogP contribution is -2.30. The first-order valence-electron chi connectivity index (χ1n) is 8.99. The van der Waals surface area contributed by atoms with Gasteiger partial charge >= 0.3 is 0 Å². The highest BCUT2D eigenvalue weighted by molar-refractivity contribution is 9.10. The maximum atomic E-state index is 12.8. The minimum absolute atomic E-state index is 0.180. The van der Waals surface area contributed by atoms with Crippen LogP contribution in [0.1, 0.15) is 11.1 Å². The van der Waals surface area contributed by atoms with E-state index >= 15 is 0 Å². The van der Waals surface area contributed by atoms with E-state index in [0.717, 1.165) is 25.8 Å². The van der Waals surface area contributed by atoms with Crippen molar-refractivity contribution in [3.63, 3.8) is 0 Å². The third-order valence-electron chi connectivity index (χ3n) is 4.71. The number of nitrogens with one attached hydrogen (secondary N) is 1. The van der Waals surface area contributed by atoms with E-state index < -0.39 is 0 Å². The van der Waals surface area contributed by atoms with Crippen LogP contribution in [0.25, 0.3) is 16.8 Å². The standard InChI is InChI=1S/C21H18BrN5O2/c1-13-3-8-17(9-14(13)2)24-20(28)11-26-21(29)19-10-18(25-27(19)12-23-26)15-4-6-16(22)7-5-15/h3-10,12H,11H2,1-2H3,(H,24,28). The Labute approximate surface area is 175 Å². The van der Waals surface area contributed by atoms with Gasteiger partial charge in [0.1, 0.15) is 18.4 Å². The Bertz CT molecular complexity index is 1270. The van der Waals surface area contributed by atoms with Crippen molar-refractivity contribution in [3.05, 3.63) is 80.8 Å². The molecule has 2 heterocycles. The summed E-state index contributed by atoms with van der Waals surface area (Å²) in [5.41, 5.74) is 4.45. The summed E-state index contributed by atoms with van der Waals surface area (Å²) >= 11 is 3.40. The van der Waals surface area contributed by atoms with Gasteiger partial charge in [-0.3, -0.25) is 9.59 Å². The van der Waals surface area contributed by atoms with Gasteiger partial charge in [0.2, 0.25) is 5.91 Å². The molecule has 7 nitrogen and oxygen atoms in total. The maximum absolute atomic E-state index is 12.8. The average molecular weight is 452 g/mol. The molecular weight excluding hydrogens is 434 g/mol. The van der Waals surface area contributed by atoms with Crippen molar-refractivity contribution in [3.8, 4) is 11.3 Å². The summed E-state index contributed by atoms with van der Waals surface area (Å²) in [6.45, 7) is 3.81. The maximum Gasteiger partial charge on any atom is 0.293 e. The van der Waals surface area contributed by atoms with E-state index in [2.05, 4.69) is 31.4 Å². The zero-order valence-corrected chi connectivity index (χ0v) is 17.5. The van der Waals surface area contributed by atoms with Crippen molar-refractivity contribution in [1.82, 2.24) is 19.4 Å². The Kier molecular flexibility index (Phi) is 5.02. The molecule has 0 bridgehead atoms. The smallest absolute Gasteiger partial charge is 0.293 e. The Morgan fingerprint density at radius 2 is 1.83 bits per heavy atom. The summed E-state index contributed by atoms with van der Waals surface area (Å²) in [5.74, 6) is -0.320. The highest BCUT2D eigenvalue weighted by Gasteiger charge is 2.12. The number of nitrogens with zero attached hydrogens (tertiary/aromatic N) is 4. The van der Waals surface area contributed by atoms with E-state index in [1.165, 1.54) is 10.8 Å². The van der Waals surface area contributed by atoms with Gasteiger partial charge in [0.05, 0.1) is 5.69 Å². The molecule has 0 aliphatic rings. The van der Waals surface area contributed by atoms with Crippen LogP contribution in [0.4, 0.5) is 5.69 Å². The largest absolute Gasteiger partial charge is 0.324 e. The van der Waals surface area contributed by atoms with Crippen molar-refractivity contribution >= 4 is 33.0 Å². The fourth-order valence-electron chi connectivity index (χ4n) is 2.97. The van der Waals surface area contributed by atoms with Crippen molar-refractivity contribution < 1.29 is 4.79 Å². The third kappa shape index (κ3) is 3.97. The van der Waals surface area contributed by atoms with Crippen LogP contribution in [0, 0.1) is 13.8 Å². The number of hydrogen-bond donors (Lipinski definition) is 1. The molecule has 2 aromatic heterocycles. The van der Waals surface area contributed by atoms with Crippen LogP contribution in [0.2, 0.25) is 0 Å². The highest BCUT2D eigenvalue weighted by atomic mass is 79.9. The molecule has 1 N–H and O–H groups in total. The van der Waals surface area contributed by atoms with Crippen molar-refractivity contribution in [2.24, 2.45) is 0 Å². The molecule has 0 atom stereocenters. The number of halogens is 1. The van der Waals surface area contributed by atoms with Crippen LogP contribution < -0.4 is 10.9 Å². The minimum Gasteiger partial charge on any atom is -0.324 e. The van der Waals surface area contributed by atoms with Gasteiger partial charge in [-0.05, 0) is 55.3 Å². The molecule has 0 spiro atoms. The molecule has 4 aromatic rings. The van der Waals surface area contributed by atoms with E-state index in [-0.39, 0.29) is 18.0 Å². The molecule has 0 aliphatic heterocycles. The van der Waals surface area contributed by atoms with Crippen LogP contribution >= 0.6 is 15.9 Å². The SMILES string of the molecule is Cc1ccc(NC(=O)Cn2ncn3nc(-c4ccc(Br)cc4)cc3c2=O)cc1C. The van der Waals surface area contributed by atoms with Gasteiger partial charge in [0.25, 0.3) is 5.56 Å². The van der Waals surface area contributed by atoms with Gasteiger partial charge in [-0.15, -0.1) is 0 Å². The lowest BCUT2D eigenvalue weighted by molar-refractivity contribution is -0.117. The molecule has 0 saturated heterocycles. The summed E-state index contributed by atoms with van der Waals surface area (Å²) in [4.78, 5) is 25.2. The molecule has 4 rings (SSSR count). The quantitative estimate of drug-likeness (QED) is 0.514. The lowest BCUT2D eigenvalue weighted by Gasteiger charge is -2.08. The summed E-state index contributed by atoms with van der Waals surface area (Å²) in [5, 5.41) is 11.3. The van der Waals surface area contributed by atoms with Crippen LogP contribution in [-0.4, -0.2) is 25.3 Å². The molecule has 0 aliphatic carbocycles. The van der Waals surface area contributed by atoms with Gasteiger partial charge in [0.15, 0.2) is 0 Å². The number of amides is 1. The number of aromatic nitrogens is 4. The highest BCUT2D eigenvalue weighted by Crippen LogP contribution is 2.21. The van der Waals surface area contributed by atoms with Crippen molar-refractivity contribution in [1.29, 1.82) is 0 Å². The topological polar surface area (TPSA) is 81.3 Å². The molecule has 0 radical (unpaired) electrons. The van der Waals surface area contributed by atoms with Crippen LogP contribution in [-0.2, 0) is 11.3 Å². The number of carbonyl (C=O) groups is 1. The number of rotatable bonds is 4. The number of carbonyl (C=O) groups excluding carboxylic acids is 1. The van der Waals surface area contributed by atoms with E-state index in [1.54, 1.807) is 6.07 Å². The second-order valence-corrected chi connectivity index (χ2v) is 7.72. The second-order valence-electron chi connectivity index (χ2n) is 6.81. The van der Waals surface area contributed by atoms with Crippen LogP contribution in [0.15, 0.2) is 64.1 Å². The Morgan fingerprint density at radius 1 is 1.07 bits per heavy atom. The van der Waals surface area contributed by atoms with Crippen molar-refractivity contribution in [2.45, 2.75) is 20.4 Å². The van der Waals surface area contributed by atoms with Crippen LogP contribution in [0.3, 0.4) is 0 Å². The van der Waals surface area contributed by atoms with E-state index in [1.807, 2.05) is 56.3 Å². The zero-order valence-electron chi connectivity index (χ0n) is 15.9. The predicted octanol–water partition coefficient (Wildman–Crippen LogP) is 3.58. The molecule has 0 saturated carbocycles. The molecular formula is C21H18BrN5O2. The first-order chi connectivity index (χ1) is 13.9. The molecule has 29 heavy (non-hydrogen) atoms. The summed E-state index contributed by atoms with van der Waals surface area (Å²) in [6.07, 6.45) is 1.43. The minimum atomic E-state index is -0.376. The number of benzene rings is 2. The van der Waals surface area contributed by atoms with E-state index in [0.29, 0.717) is 16.9 Å². The molecule has 0 unspecified atom stereocenters. The number of anilines is 1. The van der Waals surface area contributed by atoms with Gasteiger partial charge in [0, 0.05) is 15.7 Å². The Hall–Kier alpha value is -3.26. The summed E-state index contributed by atoms with van der Waals surface area (Å²) in [7, 11) is 0. The molecule has 0 fully saturated rings. The van der Waals surface area contributed by atoms with E-state index in [4.69, 9.17) is 0 Å². The fraction of sp³-hybridized carbons (Fsp3) is 0.143. The van der Waals surface area contributed by atoms with Crippen LogP contribution in [0.5, 0.6) is 0 Å². The zero-order chi connectivity index (χ0) is 20.5. The van der Waals surface area contributed by atoms with Gasteiger partial charge in [-0.2, -0.15) is 10.2 Å². The fourth-order valence-corrected chi connectivity index (χ4v) is 3.23. The monoisotopic (exact) mass is 451 g/mol. The van der Waals surface area contributed by atoms with Crippen molar-refractivity contribution in [2.75, 3.05) is 5.32 Å². The lowest BCUT2D eigenvalue weighted by atomic mass is 10.1. The molecule has 8 heteroatoms. The summed E-state index contributed by atoms with van der Waals surface area (Å²) in [6, 6.07) is 15.0. The molecule has 146 valence electrons.